The summed E-state index contributed by atoms with van der Waals surface area (Å²) < 4.78 is 33.2. The van der Waals surface area contributed by atoms with Crippen LogP contribution in [0.2, 0.25) is 0 Å². The Morgan fingerprint density at radius 2 is 2.30 bits per heavy atom. The molecule has 9 heteroatoms. The van der Waals surface area contributed by atoms with Gasteiger partial charge in [0.15, 0.2) is 5.03 Å². The fourth-order valence-corrected chi connectivity index (χ4v) is 4.49. The summed E-state index contributed by atoms with van der Waals surface area (Å²) in [6.07, 6.45) is 4.10. The van der Waals surface area contributed by atoms with E-state index < -0.39 is 16.1 Å². The third-order valence-corrected chi connectivity index (χ3v) is 5.86. The number of nitrogens with zero attached hydrogens (tertiary/aromatic N) is 3. The topological polar surface area (TPSA) is 97.4 Å². The second kappa shape index (κ2) is 6.17. The Hall–Kier alpha value is -2.13. The van der Waals surface area contributed by atoms with Gasteiger partial charge in [-0.2, -0.15) is 9.40 Å². The molecule has 3 rings (SSSR count). The van der Waals surface area contributed by atoms with Gasteiger partial charge in [-0.25, -0.2) is 8.42 Å². The van der Waals surface area contributed by atoms with Crippen molar-refractivity contribution in [3.05, 3.63) is 36.4 Å². The molecule has 1 aliphatic rings. The SMILES string of the molecule is Cn1nccc1S(=O)(=O)N1CCCC1C(=O)NCc1ccco1. The molecule has 1 fully saturated rings. The summed E-state index contributed by atoms with van der Waals surface area (Å²) in [6, 6.07) is 4.21. The number of amides is 1. The van der Waals surface area contributed by atoms with Crippen LogP contribution in [0, 0.1) is 0 Å². The standard InChI is InChI=1S/C14H18N4O4S/c1-17-13(6-7-16-17)23(20,21)18-8-2-5-12(18)14(19)15-10-11-4-3-9-22-11/h3-4,6-7,9,12H,2,5,8,10H2,1H3,(H,15,19). The van der Waals surface area contributed by atoms with Gasteiger partial charge in [0.2, 0.25) is 5.91 Å². The van der Waals surface area contributed by atoms with E-state index in [0.29, 0.717) is 25.1 Å². The largest absolute Gasteiger partial charge is 0.467 e. The van der Waals surface area contributed by atoms with Crippen LogP contribution in [0.25, 0.3) is 0 Å². The highest BCUT2D eigenvalue weighted by molar-refractivity contribution is 7.89. The summed E-state index contributed by atoms with van der Waals surface area (Å²) in [5.41, 5.74) is 0. The summed E-state index contributed by atoms with van der Waals surface area (Å²) in [6.45, 7) is 0.564. The molecule has 1 unspecified atom stereocenters. The summed E-state index contributed by atoms with van der Waals surface area (Å²) in [7, 11) is -2.18. The van der Waals surface area contributed by atoms with Crippen LogP contribution in [0.4, 0.5) is 0 Å². The van der Waals surface area contributed by atoms with Gasteiger partial charge >= 0.3 is 0 Å². The van der Waals surface area contributed by atoms with Crippen molar-refractivity contribution in [2.75, 3.05) is 6.54 Å². The van der Waals surface area contributed by atoms with E-state index >= 15 is 0 Å². The number of carbonyl (C=O) groups excluding carboxylic acids is 1. The molecule has 0 spiro atoms. The van der Waals surface area contributed by atoms with Crippen molar-refractivity contribution in [2.45, 2.75) is 30.5 Å². The number of carbonyl (C=O) groups is 1. The van der Waals surface area contributed by atoms with Gasteiger partial charge in [0.05, 0.1) is 19.0 Å². The molecule has 2 aromatic heterocycles. The zero-order chi connectivity index (χ0) is 16.4. The first kappa shape index (κ1) is 15.8. The van der Waals surface area contributed by atoms with E-state index in [-0.39, 0.29) is 17.5 Å². The number of nitrogens with one attached hydrogen (secondary N) is 1. The molecule has 23 heavy (non-hydrogen) atoms. The van der Waals surface area contributed by atoms with E-state index in [1.54, 1.807) is 19.2 Å². The van der Waals surface area contributed by atoms with Gasteiger partial charge in [0.25, 0.3) is 10.0 Å². The van der Waals surface area contributed by atoms with Crippen molar-refractivity contribution in [1.82, 2.24) is 19.4 Å². The van der Waals surface area contributed by atoms with E-state index in [9.17, 15) is 13.2 Å². The third kappa shape index (κ3) is 3.02. The van der Waals surface area contributed by atoms with Crippen molar-refractivity contribution < 1.29 is 17.6 Å². The zero-order valence-electron chi connectivity index (χ0n) is 12.7. The zero-order valence-corrected chi connectivity index (χ0v) is 13.5. The fourth-order valence-electron chi connectivity index (χ4n) is 2.73. The Kier molecular flexibility index (Phi) is 4.22. The van der Waals surface area contributed by atoms with Crippen LogP contribution in [0.1, 0.15) is 18.6 Å². The second-order valence-electron chi connectivity index (χ2n) is 5.36. The van der Waals surface area contributed by atoms with Gasteiger partial charge in [-0.1, -0.05) is 0 Å². The predicted octanol–water partition coefficient (Wildman–Crippen LogP) is 0.483. The number of rotatable bonds is 5. The number of hydrogen-bond acceptors (Lipinski definition) is 5. The molecule has 0 saturated carbocycles. The molecule has 0 aromatic carbocycles. The van der Waals surface area contributed by atoms with Crippen LogP contribution < -0.4 is 5.32 Å². The average molecular weight is 338 g/mol. The first-order valence-electron chi connectivity index (χ1n) is 7.30. The molecule has 8 nitrogen and oxygen atoms in total. The Morgan fingerprint density at radius 1 is 1.48 bits per heavy atom. The first-order chi connectivity index (χ1) is 11.0. The van der Waals surface area contributed by atoms with Crippen LogP contribution in [0.15, 0.2) is 40.1 Å². The lowest BCUT2D eigenvalue weighted by atomic mass is 10.2. The number of furan rings is 1. The highest BCUT2D eigenvalue weighted by Crippen LogP contribution is 2.25. The predicted molar refractivity (Wildman–Crippen MR) is 80.7 cm³/mol. The van der Waals surface area contributed by atoms with Crippen molar-refractivity contribution in [3.8, 4) is 0 Å². The van der Waals surface area contributed by atoms with Gasteiger partial charge in [0.1, 0.15) is 11.8 Å². The number of aryl methyl sites for hydroxylation is 1. The molecule has 3 heterocycles. The Balaban J connectivity index is 1.75. The molecule has 2 aromatic rings. The fraction of sp³-hybridized carbons (Fsp3) is 0.429. The van der Waals surface area contributed by atoms with Crippen molar-refractivity contribution >= 4 is 15.9 Å². The van der Waals surface area contributed by atoms with Crippen LogP contribution in [-0.2, 0) is 28.4 Å². The molecule has 1 amide bonds. The maximum Gasteiger partial charge on any atom is 0.260 e. The molecule has 0 aliphatic carbocycles. The van der Waals surface area contributed by atoms with Crippen LogP contribution in [0.5, 0.6) is 0 Å². The Labute approximate surface area is 134 Å². The third-order valence-electron chi connectivity index (χ3n) is 3.87. The Morgan fingerprint density at radius 3 is 2.96 bits per heavy atom. The van der Waals surface area contributed by atoms with E-state index in [1.165, 1.54) is 27.5 Å². The van der Waals surface area contributed by atoms with Crippen LogP contribution in [-0.4, -0.2) is 41.0 Å². The maximum absolute atomic E-state index is 12.7. The highest BCUT2D eigenvalue weighted by atomic mass is 32.2. The monoisotopic (exact) mass is 338 g/mol. The van der Waals surface area contributed by atoms with E-state index in [2.05, 4.69) is 10.4 Å². The van der Waals surface area contributed by atoms with Gasteiger partial charge in [-0.15, -0.1) is 0 Å². The quantitative estimate of drug-likeness (QED) is 0.855. The minimum Gasteiger partial charge on any atom is -0.467 e. The summed E-state index contributed by atoms with van der Waals surface area (Å²) >= 11 is 0. The summed E-state index contributed by atoms with van der Waals surface area (Å²) in [5.74, 6) is 0.307. The van der Waals surface area contributed by atoms with Gasteiger partial charge in [0, 0.05) is 13.6 Å². The van der Waals surface area contributed by atoms with E-state index in [0.717, 1.165) is 0 Å². The van der Waals surface area contributed by atoms with Crippen molar-refractivity contribution in [3.63, 3.8) is 0 Å². The summed E-state index contributed by atoms with van der Waals surface area (Å²) in [4.78, 5) is 12.4. The lowest BCUT2D eigenvalue weighted by Crippen LogP contribution is -2.46. The molecule has 1 saturated heterocycles. The van der Waals surface area contributed by atoms with Crippen LogP contribution >= 0.6 is 0 Å². The number of aromatic nitrogens is 2. The summed E-state index contributed by atoms with van der Waals surface area (Å²) in [5, 5.41) is 6.71. The second-order valence-corrected chi connectivity index (χ2v) is 7.20. The Bertz CT molecular complexity index is 782. The van der Waals surface area contributed by atoms with Crippen LogP contribution in [0.3, 0.4) is 0 Å². The maximum atomic E-state index is 12.7. The van der Waals surface area contributed by atoms with E-state index in [1.807, 2.05) is 0 Å². The van der Waals surface area contributed by atoms with Gasteiger partial charge < -0.3 is 9.73 Å². The molecule has 124 valence electrons. The molecule has 0 radical (unpaired) electrons. The van der Waals surface area contributed by atoms with Gasteiger partial charge in [-0.05, 0) is 31.0 Å². The lowest BCUT2D eigenvalue weighted by Gasteiger charge is -2.23. The van der Waals surface area contributed by atoms with Gasteiger partial charge in [-0.3, -0.25) is 9.48 Å². The molecule has 0 bridgehead atoms. The number of sulfonamides is 1. The smallest absolute Gasteiger partial charge is 0.260 e. The number of hydrogen-bond donors (Lipinski definition) is 1. The molecule has 1 aliphatic heterocycles. The van der Waals surface area contributed by atoms with E-state index in [4.69, 9.17) is 4.42 Å². The first-order valence-corrected chi connectivity index (χ1v) is 8.74. The highest BCUT2D eigenvalue weighted by Gasteiger charge is 2.40. The van der Waals surface area contributed by atoms with Crippen molar-refractivity contribution in [2.24, 2.45) is 7.05 Å². The van der Waals surface area contributed by atoms with Crippen molar-refractivity contribution in [1.29, 1.82) is 0 Å². The lowest BCUT2D eigenvalue weighted by molar-refractivity contribution is -0.124. The minimum atomic E-state index is -3.74. The molecule has 1 N–H and O–H groups in total. The molecule has 1 atom stereocenters. The average Bonchev–Trinajstić information content (AvgIpc) is 3.25. The molecular weight excluding hydrogens is 320 g/mol. The minimum absolute atomic E-state index is 0.0863. The normalized spacial score (nSPS) is 19.1. The molecular formula is C14H18N4O4S.